The Balaban J connectivity index is 1.33. The van der Waals surface area contributed by atoms with Gasteiger partial charge in [0, 0.05) is 36.4 Å². The lowest BCUT2D eigenvalue weighted by Gasteiger charge is -2.19. The highest BCUT2D eigenvalue weighted by atomic mass is 32.1. The third-order valence-corrected chi connectivity index (χ3v) is 8.11. The zero-order valence-electron chi connectivity index (χ0n) is 24.8. The summed E-state index contributed by atoms with van der Waals surface area (Å²) >= 11 is 1.58. The van der Waals surface area contributed by atoms with Crippen molar-refractivity contribution >= 4 is 23.2 Å². The lowest BCUT2D eigenvalue weighted by molar-refractivity contribution is -0.141. The molecule has 2 aromatic heterocycles. The Labute approximate surface area is 251 Å². The summed E-state index contributed by atoms with van der Waals surface area (Å²) in [5.41, 5.74) is 4.48. The molecule has 42 heavy (non-hydrogen) atoms. The van der Waals surface area contributed by atoms with Crippen LogP contribution in [0.3, 0.4) is 0 Å². The van der Waals surface area contributed by atoms with Crippen molar-refractivity contribution in [3.63, 3.8) is 0 Å². The Morgan fingerprint density at radius 3 is 2.17 bits per heavy atom. The predicted octanol–water partition coefficient (Wildman–Crippen LogP) is 6.44. The largest absolute Gasteiger partial charge is 0.480 e. The van der Waals surface area contributed by atoms with E-state index in [2.05, 4.69) is 53.2 Å². The van der Waals surface area contributed by atoms with Crippen LogP contribution in [-0.4, -0.2) is 43.2 Å². The van der Waals surface area contributed by atoms with E-state index in [1.54, 1.807) is 23.7 Å². The molecule has 4 aromatic rings. The number of amides is 1. The van der Waals surface area contributed by atoms with Gasteiger partial charge in [-0.25, -0.2) is 14.8 Å². The van der Waals surface area contributed by atoms with Gasteiger partial charge in [0.05, 0.1) is 6.42 Å². The van der Waals surface area contributed by atoms with Gasteiger partial charge in [0.15, 0.2) is 10.8 Å². The van der Waals surface area contributed by atoms with E-state index in [1.807, 2.05) is 48.5 Å². The van der Waals surface area contributed by atoms with Crippen molar-refractivity contribution in [2.24, 2.45) is 0 Å². The number of carbonyl (C=O) groups excluding carboxylic acids is 1. The van der Waals surface area contributed by atoms with E-state index in [1.165, 1.54) is 24.8 Å². The highest BCUT2D eigenvalue weighted by Crippen LogP contribution is 2.25. The summed E-state index contributed by atoms with van der Waals surface area (Å²) in [5.74, 6) is -0.833. The smallest absolute Gasteiger partial charge is 0.326 e. The lowest BCUT2D eigenvalue weighted by atomic mass is 9.86. The molecule has 0 saturated carbocycles. The fourth-order valence-corrected chi connectivity index (χ4v) is 5.40. The molecule has 4 rings (SSSR count). The number of benzene rings is 2. The molecule has 2 N–H and O–H groups in total. The van der Waals surface area contributed by atoms with Crippen LogP contribution in [0.4, 0.5) is 0 Å². The average molecular weight is 586 g/mol. The summed E-state index contributed by atoms with van der Waals surface area (Å²) in [6.45, 7) is 8.60. The normalized spacial score (nSPS) is 12.2. The van der Waals surface area contributed by atoms with Gasteiger partial charge in [-0.2, -0.15) is 0 Å². The first-order valence-corrected chi connectivity index (χ1v) is 15.3. The summed E-state index contributed by atoms with van der Waals surface area (Å²) in [7, 11) is 0. The van der Waals surface area contributed by atoms with Gasteiger partial charge in [0.25, 0.3) is 0 Å². The minimum atomic E-state index is -1.07. The summed E-state index contributed by atoms with van der Waals surface area (Å²) in [4.78, 5) is 33.6. The van der Waals surface area contributed by atoms with Crippen molar-refractivity contribution in [2.45, 2.75) is 84.1 Å². The van der Waals surface area contributed by atoms with Crippen LogP contribution >= 0.6 is 11.3 Å². The average Bonchev–Trinajstić information content (AvgIpc) is 3.44. The molecule has 2 heterocycles. The van der Waals surface area contributed by atoms with E-state index in [0.29, 0.717) is 5.82 Å². The standard InChI is InChI=1S/C33H39N5O3S/c1-5-6-7-8-9-29-37-38-31(42-29)25-20-34-30(35-21-25)24-14-10-22(11-15-24)18-27(32(40)41)36-28(39)19-23-12-16-26(17-13-23)33(2,3)4/h10-17,20-21,27H,5-9,18-19H2,1-4H3,(H,36,39)(H,40,41)/t27-/m0/s1. The van der Waals surface area contributed by atoms with E-state index in [0.717, 1.165) is 45.1 Å². The highest BCUT2D eigenvalue weighted by molar-refractivity contribution is 7.14. The Bertz CT molecular complexity index is 1460. The molecule has 0 aliphatic rings. The van der Waals surface area contributed by atoms with Crippen LogP contribution in [0.5, 0.6) is 0 Å². The maximum Gasteiger partial charge on any atom is 0.326 e. The second-order valence-electron chi connectivity index (χ2n) is 11.6. The molecular weight excluding hydrogens is 546 g/mol. The number of hydrogen-bond donors (Lipinski definition) is 2. The second kappa shape index (κ2) is 14.3. The molecule has 0 spiro atoms. The van der Waals surface area contributed by atoms with Crippen LogP contribution in [-0.2, 0) is 34.3 Å². The number of unbranched alkanes of at least 4 members (excludes halogenated alkanes) is 3. The zero-order valence-corrected chi connectivity index (χ0v) is 25.6. The van der Waals surface area contributed by atoms with Crippen LogP contribution in [0.15, 0.2) is 60.9 Å². The molecule has 0 saturated heterocycles. The van der Waals surface area contributed by atoms with Gasteiger partial charge in [-0.1, -0.05) is 107 Å². The molecule has 1 atom stereocenters. The van der Waals surface area contributed by atoms with Crippen molar-refractivity contribution in [3.05, 3.63) is 82.6 Å². The summed E-state index contributed by atoms with van der Waals surface area (Å²) in [5, 5.41) is 22.9. The number of aryl methyl sites for hydroxylation is 1. The van der Waals surface area contributed by atoms with Crippen LogP contribution in [0, 0.1) is 0 Å². The molecule has 9 heteroatoms. The number of nitrogens with zero attached hydrogens (tertiary/aromatic N) is 4. The summed E-state index contributed by atoms with van der Waals surface area (Å²) < 4.78 is 0. The van der Waals surface area contributed by atoms with Gasteiger partial charge in [-0.15, -0.1) is 10.2 Å². The molecule has 220 valence electrons. The van der Waals surface area contributed by atoms with Crippen LogP contribution in [0.1, 0.15) is 75.1 Å². The van der Waals surface area contributed by atoms with Crippen molar-refractivity contribution in [2.75, 3.05) is 0 Å². The molecule has 0 radical (unpaired) electrons. The van der Waals surface area contributed by atoms with Crippen molar-refractivity contribution < 1.29 is 14.7 Å². The van der Waals surface area contributed by atoms with Crippen molar-refractivity contribution in [3.8, 4) is 22.0 Å². The molecule has 0 fully saturated rings. The second-order valence-corrected chi connectivity index (χ2v) is 12.7. The number of nitrogens with one attached hydrogen (secondary N) is 1. The zero-order chi connectivity index (χ0) is 30.1. The Morgan fingerprint density at radius 1 is 0.881 bits per heavy atom. The lowest BCUT2D eigenvalue weighted by Crippen LogP contribution is -2.43. The van der Waals surface area contributed by atoms with Crippen LogP contribution in [0.2, 0.25) is 0 Å². The highest BCUT2D eigenvalue weighted by Gasteiger charge is 2.21. The summed E-state index contributed by atoms with van der Waals surface area (Å²) in [6, 6.07) is 14.2. The third kappa shape index (κ3) is 8.76. The van der Waals surface area contributed by atoms with Gasteiger partial charge < -0.3 is 10.4 Å². The quantitative estimate of drug-likeness (QED) is 0.173. The number of carbonyl (C=O) groups is 2. The first-order chi connectivity index (χ1) is 20.1. The third-order valence-electron chi connectivity index (χ3n) is 7.08. The summed E-state index contributed by atoms with van der Waals surface area (Å²) in [6.07, 6.45) is 9.53. The minimum Gasteiger partial charge on any atom is -0.480 e. The molecule has 0 unspecified atom stereocenters. The Morgan fingerprint density at radius 2 is 1.55 bits per heavy atom. The van der Waals surface area contributed by atoms with Gasteiger partial charge in [0.1, 0.15) is 11.0 Å². The Hall–Kier alpha value is -3.98. The fraction of sp³-hybridized carbons (Fsp3) is 0.394. The maximum atomic E-state index is 12.6. The van der Waals surface area contributed by atoms with Crippen molar-refractivity contribution in [1.29, 1.82) is 0 Å². The van der Waals surface area contributed by atoms with Gasteiger partial charge in [0.2, 0.25) is 5.91 Å². The van der Waals surface area contributed by atoms with E-state index >= 15 is 0 Å². The number of rotatable bonds is 13. The molecule has 0 bridgehead atoms. The van der Waals surface area contributed by atoms with Crippen molar-refractivity contribution in [1.82, 2.24) is 25.5 Å². The monoisotopic (exact) mass is 585 g/mol. The maximum absolute atomic E-state index is 12.6. The molecule has 0 aliphatic carbocycles. The fourth-order valence-electron chi connectivity index (χ4n) is 4.54. The van der Waals surface area contributed by atoms with E-state index in [9.17, 15) is 14.7 Å². The molecular formula is C33H39N5O3S. The topological polar surface area (TPSA) is 118 Å². The SMILES string of the molecule is CCCCCCc1nnc(-c2cnc(-c3ccc(C[C@H](NC(=O)Cc4ccc(C(C)(C)C)cc4)C(=O)O)cc3)nc2)s1. The minimum absolute atomic E-state index is 0.0250. The predicted molar refractivity (Wildman–Crippen MR) is 166 cm³/mol. The number of aliphatic carboxylic acids is 1. The number of hydrogen-bond acceptors (Lipinski definition) is 7. The molecule has 0 aliphatic heterocycles. The van der Waals surface area contributed by atoms with Crippen LogP contribution < -0.4 is 5.32 Å². The molecule has 8 nitrogen and oxygen atoms in total. The first kappa shape index (κ1) is 31.0. The molecule has 2 aromatic carbocycles. The number of carboxylic acids is 1. The van der Waals surface area contributed by atoms with Gasteiger partial charge >= 0.3 is 5.97 Å². The van der Waals surface area contributed by atoms with E-state index in [4.69, 9.17) is 0 Å². The van der Waals surface area contributed by atoms with E-state index in [-0.39, 0.29) is 24.2 Å². The number of aromatic nitrogens is 4. The first-order valence-electron chi connectivity index (χ1n) is 14.5. The van der Waals surface area contributed by atoms with Gasteiger partial charge in [-0.05, 0) is 28.5 Å². The van der Waals surface area contributed by atoms with Gasteiger partial charge in [-0.3, -0.25) is 4.79 Å². The molecule has 1 amide bonds. The number of carboxylic acid groups (broad SMARTS) is 1. The Kier molecular flexibility index (Phi) is 10.5. The van der Waals surface area contributed by atoms with E-state index < -0.39 is 12.0 Å². The van der Waals surface area contributed by atoms with Crippen LogP contribution in [0.25, 0.3) is 22.0 Å².